The van der Waals surface area contributed by atoms with E-state index in [1.54, 1.807) is 0 Å². The van der Waals surface area contributed by atoms with E-state index in [9.17, 15) is 43.2 Å². The van der Waals surface area contributed by atoms with Gasteiger partial charge < -0.3 is 33.8 Å². The second-order valence-corrected chi connectivity index (χ2v) is 28.2. The van der Waals surface area contributed by atoms with Crippen molar-refractivity contribution in [3.05, 3.63) is 24.3 Å². The number of phosphoric ester groups is 2. The molecule has 0 aliphatic heterocycles. The van der Waals surface area contributed by atoms with Crippen LogP contribution in [0.2, 0.25) is 0 Å². The standard InChI is InChI=1S/C72H136O17P2/c1-5-9-13-17-21-25-29-33-34-35-39-43-47-51-55-59-72(77)89-68(63-83-70(75)57-53-49-45-41-37-31-27-23-19-15-11-7-3)65-87-91(80,81)85-61-66(73)60-84-90(78,79)86-64-67(88-71(76)58-54-50-46-42-38-32-28-24-20-16-12-8-4)62-82-69(74)56-52-48-44-40-36-30-26-22-18-14-10-6-2/h25,29,33-34,66-68,73H,5-24,26-28,30-32,35-65H2,1-4H3,(H,78,79)(H,80,81)/b29-25-,34-33-/t66-,67+,68+/m0/s1. The number of hydrogen-bond acceptors (Lipinski definition) is 15. The third-order valence-electron chi connectivity index (χ3n) is 16.2. The third kappa shape index (κ3) is 66.0. The maximum absolute atomic E-state index is 13.0. The molecular formula is C72H136O17P2. The first-order valence-electron chi connectivity index (χ1n) is 37.1. The Morgan fingerprint density at radius 2 is 0.527 bits per heavy atom. The number of ether oxygens (including phenoxy) is 4. The Balaban J connectivity index is 5.29. The Morgan fingerprint density at radius 3 is 0.802 bits per heavy atom. The lowest BCUT2D eigenvalue weighted by Crippen LogP contribution is -2.30. The van der Waals surface area contributed by atoms with Crippen LogP contribution in [0.15, 0.2) is 24.3 Å². The summed E-state index contributed by atoms with van der Waals surface area (Å²) < 4.78 is 68.3. The van der Waals surface area contributed by atoms with E-state index < -0.39 is 97.5 Å². The molecular weight excluding hydrogens is 1200 g/mol. The molecule has 0 aromatic rings. The number of unbranched alkanes of at least 4 members (excludes halogenated alkanes) is 42. The van der Waals surface area contributed by atoms with Gasteiger partial charge in [-0.05, 0) is 51.4 Å². The number of aliphatic hydroxyl groups is 1. The number of carbonyl (C=O) groups excluding carboxylic acids is 4. The Morgan fingerprint density at radius 1 is 0.308 bits per heavy atom. The number of carbonyl (C=O) groups is 4. The fourth-order valence-corrected chi connectivity index (χ4v) is 12.1. The second-order valence-electron chi connectivity index (χ2n) is 25.3. The quantitative estimate of drug-likeness (QED) is 0.0169. The Hall–Kier alpha value is -2.46. The summed E-state index contributed by atoms with van der Waals surface area (Å²) >= 11 is 0. The molecule has 3 N–H and O–H groups in total. The third-order valence-corrected chi connectivity index (χ3v) is 18.1. The van der Waals surface area contributed by atoms with Crippen LogP contribution in [0.3, 0.4) is 0 Å². The van der Waals surface area contributed by atoms with E-state index in [2.05, 4.69) is 52.0 Å². The molecule has 0 saturated carbocycles. The first-order chi connectivity index (χ1) is 44.2. The van der Waals surface area contributed by atoms with E-state index in [0.29, 0.717) is 25.7 Å². The molecule has 0 spiro atoms. The number of rotatable bonds is 71. The minimum absolute atomic E-state index is 0.0858. The summed E-state index contributed by atoms with van der Waals surface area (Å²) in [6, 6.07) is 0. The highest BCUT2D eigenvalue weighted by Gasteiger charge is 2.30. The molecule has 19 heteroatoms. The maximum Gasteiger partial charge on any atom is 0.472 e. The molecule has 0 bridgehead atoms. The molecule has 5 atom stereocenters. The SMILES string of the molecule is CCCCCC/C=C\C=C/CCCCCCCC(=O)O[C@H](COC(=O)CCCCCCCCCCCCCC)COP(=O)(O)OC[C@@H](O)COP(=O)(O)OC[C@@H](COC(=O)CCCCCCCCCCCCCC)OC(=O)CCCCCCCCCCCCCC. The van der Waals surface area contributed by atoms with Crippen molar-refractivity contribution in [2.24, 2.45) is 0 Å². The van der Waals surface area contributed by atoms with Crippen LogP contribution in [0.4, 0.5) is 0 Å². The molecule has 0 aliphatic rings. The highest BCUT2D eigenvalue weighted by molar-refractivity contribution is 7.47. The van der Waals surface area contributed by atoms with Crippen molar-refractivity contribution in [1.29, 1.82) is 0 Å². The van der Waals surface area contributed by atoms with Gasteiger partial charge in [0, 0.05) is 25.7 Å². The summed E-state index contributed by atoms with van der Waals surface area (Å²) in [6.07, 6.45) is 57.4. The van der Waals surface area contributed by atoms with E-state index in [1.165, 1.54) is 173 Å². The first kappa shape index (κ1) is 88.5. The highest BCUT2D eigenvalue weighted by Crippen LogP contribution is 2.45. The maximum atomic E-state index is 13.0. The van der Waals surface area contributed by atoms with Gasteiger partial charge in [0.25, 0.3) is 0 Å². The number of allylic oxidation sites excluding steroid dienone is 4. The zero-order valence-electron chi connectivity index (χ0n) is 58.3. The van der Waals surface area contributed by atoms with Crippen LogP contribution in [-0.2, 0) is 65.4 Å². The number of esters is 4. The monoisotopic (exact) mass is 1330 g/mol. The van der Waals surface area contributed by atoms with Crippen molar-refractivity contribution in [1.82, 2.24) is 0 Å². The Bertz CT molecular complexity index is 1830. The topological polar surface area (TPSA) is 237 Å². The van der Waals surface area contributed by atoms with Crippen molar-refractivity contribution in [2.45, 2.75) is 373 Å². The summed E-state index contributed by atoms with van der Waals surface area (Å²) in [4.78, 5) is 72.6. The van der Waals surface area contributed by atoms with E-state index in [-0.39, 0.29) is 25.7 Å². The Kier molecular flexibility index (Phi) is 64.4. The molecule has 0 heterocycles. The molecule has 0 amide bonds. The van der Waals surface area contributed by atoms with Crippen LogP contribution in [0.1, 0.15) is 355 Å². The van der Waals surface area contributed by atoms with Crippen LogP contribution < -0.4 is 0 Å². The predicted octanol–water partition coefficient (Wildman–Crippen LogP) is 20.6. The van der Waals surface area contributed by atoms with Gasteiger partial charge in [-0.2, -0.15) is 0 Å². The van der Waals surface area contributed by atoms with Gasteiger partial charge in [-0.1, -0.05) is 302 Å². The summed E-state index contributed by atoms with van der Waals surface area (Å²) in [6.45, 7) is 4.89. The van der Waals surface area contributed by atoms with Crippen LogP contribution in [0.5, 0.6) is 0 Å². The smallest absolute Gasteiger partial charge is 0.462 e. The van der Waals surface area contributed by atoms with Gasteiger partial charge in [0.05, 0.1) is 26.4 Å². The van der Waals surface area contributed by atoms with Gasteiger partial charge >= 0.3 is 39.5 Å². The van der Waals surface area contributed by atoms with Gasteiger partial charge in [0.1, 0.15) is 19.3 Å². The molecule has 536 valence electrons. The van der Waals surface area contributed by atoms with Crippen LogP contribution in [0, 0.1) is 0 Å². The lowest BCUT2D eigenvalue weighted by atomic mass is 10.0. The summed E-state index contributed by atoms with van der Waals surface area (Å²) in [7, 11) is -9.91. The van der Waals surface area contributed by atoms with Crippen molar-refractivity contribution in [3.63, 3.8) is 0 Å². The molecule has 0 fully saturated rings. The average Bonchev–Trinajstić information content (AvgIpc) is 3.56. The highest BCUT2D eigenvalue weighted by atomic mass is 31.2. The van der Waals surface area contributed by atoms with Crippen LogP contribution in [-0.4, -0.2) is 96.7 Å². The minimum atomic E-state index is -4.96. The van der Waals surface area contributed by atoms with Gasteiger partial charge in [-0.15, -0.1) is 0 Å². The zero-order valence-corrected chi connectivity index (χ0v) is 60.1. The Labute approximate surface area is 554 Å². The van der Waals surface area contributed by atoms with E-state index in [0.717, 1.165) is 103 Å². The second kappa shape index (κ2) is 66.2. The van der Waals surface area contributed by atoms with Gasteiger partial charge in [-0.3, -0.25) is 37.3 Å². The number of aliphatic hydroxyl groups excluding tert-OH is 1. The minimum Gasteiger partial charge on any atom is -0.462 e. The van der Waals surface area contributed by atoms with Crippen LogP contribution >= 0.6 is 15.6 Å². The summed E-state index contributed by atoms with van der Waals surface area (Å²) in [5.74, 6) is -2.15. The molecule has 0 aromatic heterocycles. The zero-order chi connectivity index (χ0) is 66.8. The molecule has 0 aliphatic carbocycles. The number of hydrogen-bond donors (Lipinski definition) is 3. The molecule has 17 nitrogen and oxygen atoms in total. The van der Waals surface area contributed by atoms with Gasteiger partial charge in [0.15, 0.2) is 12.2 Å². The molecule has 0 rings (SSSR count). The fraction of sp³-hybridized carbons (Fsp3) is 0.889. The summed E-state index contributed by atoms with van der Waals surface area (Å²) in [5.41, 5.74) is 0. The van der Waals surface area contributed by atoms with E-state index >= 15 is 0 Å². The molecule has 0 saturated heterocycles. The summed E-state index contributed by atoms with van der Waals surface area (Å²) in [5, 5.41) is 10.6. The predicted molar refractivity (Wildman–Crippen MR) is 368 cm³/mol. The molecule has 0 radical (unpaired) electrons. The number of phosphoric acid groups is 2. The normalized spacial score (nSPS) is 14.1. The van der Waals surface area contributed by atoms with E-state index in [1.807, 2.05) is 0 Å². The average molecular weight is 1340 g/mol. The van der Waals surface area contributed by atoms with Crippen LogP contribution in [0.25, 0.3) is 0 Å². The fourth-order valence-electron chi connectivity index (χ4n) is 10.5. The lowest BCUT2D eigenvalue weighted by Gasteiger charge is -2.21. The molecule has 0 aromatic carbocycles. The molecule has 91 heavy (non-hydrogen) atoms. The van der Waals surface area contributed by atoms with Crippen molar-refractivity contribution >= 4 is 39.5 Å². The first-order valence-corrected chi connectivity index (χ1v) is 40.1. The van der Waals surface area contributed by atoms with E-state index in [4.69, 9.17) is 37.0 Å². The molecule has 2 unspecified atom stereocenters. The van der Waals surface area contributed by atoms with Crippen molar-refractivity contribution in [3.8, 4) is 0 Å². The largest absolute Gasteiger partial charge is 0.472 e. The van der Waals surface area contributed by atoms with Crippen molar-refractivity contribution in [2.75, 3.05) is 39.6 Å². The lowest BCUT2D eigenvalue weighted by molar-refractivity contribution is -0.161. The van der Waals surface area contributed by atoms with Crippen molar-refractivity contribution < 1.29 is 80.2 Å². The van der Waals surface area contributed by atoms with Gasteiger partial charge in [0.2, 0.25) is 0 Å². The van der Waals surface area contributed by atoms with Gasteiger partial charge in [-0.25, -0.2) is 9.13 Å².